The Hall–Kier alpha value is -1.92. The molecule has 1 amide bonds. The average molecular weight is 1050 g/mol. The number of aliphatic hydroxyl groups is 2. The van der Waals surface area contributed by atoms with Crippen molar-refractivity contribution in [2.75, 3.05) is 13.2 Å². The summed E-state index contributed by atoms with van der Waals surface area (Å²) in [5.41, 5.74) is 0. The van der Waals surface area contributed by atoms with Crippen molar-refractivity contribution < 1.29 is 24.5 Å². The highest BCUT2D eigenvalue weighted by Gasteiger charge is 2.18. The Bertz CT molecular complexity index is 1210. The van der Waals surface area contributed by atoms with Crippen LogP contribution in [0.25, 0.3) is 0 Å². The number of allylic oxidation sites excluding steroid dienone is 5. The molecule has 442 valence electrons. The van der Waals surface area contributed by atoms with Gasteiger partial charge >= 0.3 is 5.97 Å². The standard InChI is InChI=1S/C69H131NO5/c1-3-5-7-9-11-13-15-17-18-19-20-21-22-23-24-25-28-31-34-38-41-45-49-53-57-61-67(72)66(65-71)70-68(73)62-58-54-50-46-42-39-35-32-29-26-27-30-33-36-40-44-48-52-56-60-64-75-69(74)63-59-55-51-47-43-37-16-14-12-10-8-6-4-2/h8,10,14,16,57,61,66-67,71-72H,3-7,9,11-13,15,17-56,58-60,62-65H2,1-2H3,(H,70,73)/b10-8-,16-14-,61-57+. The topological polar surface area (TPSA) is 95.9 Å². The summed E-state index contributed by atoms with van der Waals surface area (Å²) in [6.07, 6.45) is 82.0. The van der Waals surface area contributed by atoms with Crippen molar-refractivity contribution in [1.82, 2.24) is 5.32 Å². The number of aliphatic hydroxyl groups excluding tert-OH is 2. The van der Waals surface area contributed by atoms with E-state index in [-0.39, 0.29) is 18.5 Å². The highest BCUT2D eigenvalue weighted by molar-refractivity contribution is 5.76. The Morgan fingerprint density at radius 1 is 0.373 bits per heavy atom. The zero-order chi connectivity index (χ0) is 54.3. The Labute approximate surface area is 468 Å². The average Bonchev–Trinajstić information content (AvgIpc) is 3.41. The first-order valence-corrected chi connectivity index (χ1v) is 33.8. The van der Waals surface area contributed by atoms with Crippen LogP contribution in [0.4, 0.5) is 0 Å². The summed E-state index contributed by atoms with van der Waals surface area (Å²) < 4.78 is 5.47. The highest BCUT2D eigenvalue weighted by atomic mass is 16.5. The number of hydrogen-bond acceptors (Lipinski definition) is 5. The highest BCUT2D eigenvalue weighted by Crippen LogP contribution is 2.18. The molecule has 0 fully saturated rings. The molecular weight excluding hydrogens is 923 g/mol. The maximum Gasteiger partial charge on any atom is 0.305 e. The van der Waals surface area contributed by atoms with Crippen molar-refractivity contribution in [3.63, 3.8) is 0 Å². The van der Waals surface area contributed by atoms with E-state index in [0.29, 0.717) is 19.4 Å². The monoisotopic (exact) mass is 1050 g/mol. The number of nitrogens with one attached hydrogen (secondary N) is 1. The van der Waals surface area contributed by atoms with Gasteiger partial charge in [0.2, 0.25) is 5.91 Å². The molecule has 0 aromatic carbocycles. The van der Waals surface area contributed by atoms with Gasteiger partial charge in [0.1, 0.15) is 0 Å². The molecule has 0 rings (SSSR count). The van der Waals surface area contributed by atoms with Crippen LogP contribution in [0, 0.1) is 0 Å². The van der Waals surface area contributed by atoms with Crippen LogP contribution < -0.4 is 5.32 Å². The van der Waals surface area contributed by atoms with Gasteiger partial charge in [-0.2, -0.15) is 0 Å². The molecule has 0 aliphatic carbocycles. The number of rotatable bonds is 63. The number of unbranched alkanes of at least 4 members (excludes halogenated alkanes) is 48. The fraction of sp³-hybridized carbons (Fsp3) is 0.884. The minimum atomic E-state index is -0.848. The van der Waals surface area contributed by atoms with Crippen LogP contribution >= 0.6 is 0 Å². The van der Waals surface area contributed by atoms with E-state index in [4.69, 9.17) is 4.74 Å². The third-order valence-electron chi connectivity index (χ3n) is 15.6. The molecule has 2 unspecified atom stereocenters. The molecule has 6 nitrogen and oxygen atoms in total. The van der Waals surface area contributed by atoms with Gasteiger partial charge in [0.15, 0.2) is 0 Å². The van der Waals surface area contributed by atoms with Gasteiger partial charge in [-0.15, -0.1) is 0 Å². The molecule has 0 heterocycles. The van der Waals surface area contributed by atoms with Crippen molar-refractivity contribution in [3.05, 3.63) is 36.5 Å². The molecule has 3 N–H and O–H groups in total. The van der Waals surface area contributed by atoms with Gasteiger partial charge in [0.25, 0.3) is 0 Å². The minimum absolute atomic E-state index is 0.00495. The molecule has 2 atom stereocenters. The number of esters is 1. The van der Waals surface area contributed by atoms with E-state index in [1.807, 2.05) is 6.08 Å². The normalized spacial score (nSPS) is 12.7. The van der Waals surface area contributed by atoms with Crippen LogP contribution in [-0.4, -0.2) is 47.4 Å². The van der Waals surface area contributed by atoms with E-state index in [1.54, 1.807) is 6.08 Å². The van der Waals surface area contributed by atoms with Gasteiger partial charge in [-0.3, -0.25) is 9.59 Å². The lowest BCUT2D eigenvalue weighted by atomic mass is 10.0. The lowest BCUT2D eigenvalue weighted by Gasteiger charge is -2.20. The number of amides is 1. The molecule has 0 bridgehead atoms. The quantitative estimate of drug-likeness (QED) is 0.0320. The third-order valence-corrected chi connectivity index (χ3v) is 15.6. The predicted octanol–water partition coefficient (Wildman–Crippen LogP) is 21.5. The van der Waals surface area contributed by atoms with Gasteiger partial charge in [0.05, 0.1) is 25.4 Å². The first kappa shape index (κ1) is 73.1. The molecule has 0 saturated heterocycles. The van der Waals surface area contributed by atoms with Crippen molar-refractivity contribution in [2.45, 2.75) is 379 Å². The van der Waals surface area contributed by atoms with E-state index in [9.17, 15) is 19.8 Å². The number of hydrogen-bond donors (Lipinski definition) is 3. The molecule has 6 heteroatoms. The van der Waals surface area contributed by atoms with Crippen LogP contribution in [0.15, 0.2) is 36.5 Å². The first-order valence-electron chi connectivity index (χ1n) is 33.8. The molecule has 0 aliphatic heterocycles. The molecule has 0 spiro atoms. The zero-order valence-electron chi connectivity index (χ0n) is 50.5. The van der Waals surface area contributed by atoms with E-state index < -0.39 is 12.1 Å². The molecule has 0 radical (unpaired) electrons. The van der Waals surface area contributed by atoms with E-state index in [2.05, 4.69) is 43.5 Å². The second-order valence-corrected chi connectivity index (χ2v) is 23.2. The van der Waals surface area contributed by atoms with Gasteiger partial charge in [-0.25, -0.2) is 0 Å². The molecular formula is C69H131NO5. The summed E-state index contributed by atoms with van der Waals surface area (Å²) >= 11 is 0. The van der Waals surface area contributed by atoms with E-state index in [0.717, 1.165) is 51.4 Å². The summed E-state index contributed by atoms with van der Waals surface area (Å²) in [5, 5.41) is 23.3. The zero-order valence-corrected chi connectivity index (χ0v) is 50.5. The number of carbonyl (C=O) groups excluding carboxylic acids is 2. The van der Waals surface area contributed by atoms with Gasteiger partial charge < -0.3 is 20.3 Å². The Kier molecular flexibility index (Phi) is 63.0. The molecule has 0 saturated carbocycles. The molecule has 0 aliphatic rings. The Balaban J connectivity index is 3.43. The summed E-state index contributed by atoms with van der Waals surface area (Å²) in [4.78, 5) is 24.6. The van der Waals surface area contributed by atoms with Gasteiger partial charge in [-0.05, 0) is 57.8 Å². The minimum Gasteiger partial charge on any atom is -0.466 e. The van der Waals surface area contributed by atoms with Crippen LogP contribution in [0.5, 0.6) is 0 Å². The Morgan fingerprint density at radius 2 is 0.693 bits per heavy atom. The van der Waals surface area contributed by atoms with Crippen molar-refractivity contribution >= 4 is 11.9 Å². The third kappa shape index (κ3) is 61.2. The summed E-state index contributed by atoms with van der Waals surface area (Å²) in [5.74, 6) is -0.0714. The van der Waals surface area contributed by atoms with Crippen molar-refractivity contribution in [3.8, 4) is 0 Å². The predicted molar refractivity (Wildman–Crippen MR) is 329 cm³/mol. The first-order chi connectivity index (χ1) is 37.0. The second-order valence-electron chi connectivity index (χ2n) is 23.2. The SMILES string of the molecule is CCC/C=C\C/C=C\CCCCCCCC(=O)OCCCCCCCCCCCCCCCCCCCCCCC(=O)NC(CO)C(O)/C=C/CCCCCCCCCCCCCCCCCCCCCCCCC. The smallest absolute Gasteiger partial charge is 0.305 e. The Morgan fingerprint density at radius 3 is 1.07 bits per heavy atom. The fourth-order valence-corrected chi connectivity index (χ4v) is 10.5. The number of carbonyl (C=O) groups is 2. The molecule has 0 aromatic rings. The maximum absolute atomic E-state index is 12.5. The van der Waals surface area contributed by atoms with E-state index in [1.165, 1.54) is 289 Å². The van der Waals surface area contributed by atoms with Gasteiger partial charge in [0, 0.05) is 12.8 Å². The lowest BCUT2D eigenvalue weighted by molar-refractivity contribution is -0.143. The maximum atomic E-state index is 12.5. The van der Waals surface area contributed by atoms with Crippen LogP contribution in [0.3, 0.4) is 0 Å². The number of ether oxygens (including phenoxy) is 1. The molecule has 75 heavy (non-hydrogen) atoms. The summed E-state index contributed by atoms with van der Waals surface area (Å²) in [7, 11) is 0. The summed E-state index contributed by atoms with van der Waals surface area (Å²) in [6.45, 7) is 4.86. The molecule has 0 aromatic heterocycles. The fourth-order valence-electron chi connectivity index (χ4n) is 10.5. The van der Waals surface area contributed by atoms with Crippen LogP contribution in [-0.2, 0) is 14.3 Å². The second kappa shape index (κ2) is 64.6. The van der Waals surface area contributed by atoms with Gasteiger partial charge in [-0.1, -0.05) is 333 Å². The van der Waals surface area contributed by atoms with E-state index >= 15 is 0 Å². The lowest BCUT2D eigenvalue weighted by Crippen LogP contribution is -2.45. The van der Waals surface area contributed by atoms with Crippen LogP contribution in [0.1, 0.15) is 367 Å². The largest absolute Gasteiger partial charge is 0.466 e. The summed E-state index contributed by atoms with van der Waals surface area (Å²) in [6, 6.07) is -0.631. The van der Waals surface area contributed by atoms with Crippen molar-refractivity contribution in [1.29, 1.82) is 0 Å². The van der Waals surface area contributed by atoms with Crippen LogP contribution in [0.2, 0.25) is 0 Å². The van der Waals surface area contributed by atoms with Crippen molar-refractivity contribution in [2.24, 2.45) is 0 Å².